The van der Waals surface area contributed by atoms with Crippen molar-refractivity contribution in [3.05, 3.63) is 52.4 Å². The van der Waals surface area contributed by atoms with Crippen LogP contribution in [0.2, 0.25) is 0 Å². The summed E-state index contributed by atoms with van der Waals surface area (Å²) in [5.74, 6) is -0.875. The molecule has 1 atom stereocenters. The first-order valence-corrected chi connectivity index (χ1v) is 14.3. The van der Waals surface area contributed by atoms with Gasteiger partial charge in [-0.2, -0.15) is 0 Å². The van der Waals surface area contributed by atoms with E-state index in [0.29, 0.717) is 57.2 Å². The molecule has 1 N–H and O–H groups in total. The molecule has 0 bridgehead atoms. The van der Waals surface area contributed by atoms with Crippen molar-refractivity contribution >= 4 is 33.7 Å². The summed E-state index contributed by atoms with van der Waals surface area (Å²) >= 11 is 1.51. The lowest BCUT2D eigenvalue weighted by atomic mass is 9.86. The Bertz CT molecular complexity index is 1350. The van der Waals surface area contributed by atoms with Crippen molar-refractivity contribution in [2.24, 2.45) is 5.92 Å². The lowest BCUT2D eigenvalue weighted by molar-refractivity contribution is -0.138. The van der Waals surface area contributed by atoms with Crippen LogP contribution in [0.15, 0.2) is 36.3 Å². The zero-order chi connectivity index (χ0) is 27.1. The van der Waals surface area contributed by atoms with Gasteiger partial charge in [-0.25, -0.2) is 4.39 Å². The van der Waals surface area contributed by atoms with Crippen LogP contribution >= 0.6 is 11.3 Å². The second-order valence-corrected chi connectivity index (χ2v) is 12.1. The fourth-order valence-electron chi connectivity index (χ4n) is 5.79. The van der Waals surface area contributed by atoms with Crippen molar-refractivity contribution in [3.8, 4) is 11.1 Å². The number of morpholine rings is 2. The van der Waals surface area contributed by atoms with Crippen molar-refractivity contribution in [3.63, 3.8) is 0 Å². The standard InChI is InChI=1S/C29H33FN4O4S/c1-29(2)17-21-24(28(34-9-13-38-14-10-34)39-25(21)26(35)32-29)18-5-6-31-23(16-18)20-15-19(3-4-22(20)30)27(36)33-7-11-37-12-8-33/h3-6,16,19H,7-15,17H2,1-2H3,(H,32,35). The van der Waals surface area contributed by atoms with E-state index in [9.17, 15) is 9.59 Å². The van der Waals surface area contributed by atoms with E-state index < -0.39 is 5.92 Å². The number of aromatic nitrogens is 1. The van der Waals surface area contributed by atoms with Crippen LogP contribution < -0.4 is 10.2 Å². The number of halogens is 1. The maximum Gasteiger partial charge on any atom is 0.262 e. The quantitative estimate of drug-likeness (QED) is 0.621. The van der Waals surface area contributed by atoms with E-state index >= 15 is 4.39 Å². The number of amides is 2. The minimum Gasteiger partial charge on any atom is -0.378 e. The highest BCUT2D eigenvalue weighted by atomic mass is 32.1. The number of fused-ring (bicyclic) bond motifs is 1. The summed E-state index contributed by atoms with van der Waals surface area (Å²) < 4.78 is 26.2. The maximum atomic E-state index is 15.2. The van der Waals surface area contributed by atoms with Gasteiger partial charge in [0.15, 0.2) is 0 Å². The molecule has 0 aromatic carbocycles. The number of carbonyl (C=O) groups is 2. The SMILES string of the molecule is CC1(C)Cc2c(sc(N3CCOCC3)c2-c2ccnc(C3=C(F)C=CC(C(=O)N4CCOCC4)C3)c2)C(=O)N1. The van der Waals surface area contributed by atoms with Crippen LogP contribution in [0.25, 0.3) is 16.7 Å². The van der Waals surface area contributed by atoms with Crippen molar-refractivity contribution in [1.29, 1.82) is 0 Å². The van der Waals surface area contributed by atoms with Crippen molar-refractivity contribution in [1.82, 2.24) is 15.2 Å². The van der Waals surface area contributed by atoms with Gasteiger partial charge in [-0.15, -0.1) is 11.3 Å². The molecule has 10 heteroatoms. The maximum absolute atomic E-state index is 15.2. The fourth-order valence-corrected chi connectivity index (χ4v) is 7.08. The summed E-state index contributed by atoms with van der Waals surface area (Å²) in [6.45, 7) is 8.95. The molecule has 4 aliphatic rings. The molecule has 5 heterocycles. The molecule has 0 radical (unpaired) electrons. The molecule has 206 valence electrons. The zero-order valence-electron chi connectivity index (χ0n) is 22.3. The number of thiophene rings is 1. The number of anilines is 1. The second-order valence-electron chi connectivity index (χ2n) is 11.1. The Morgan fingerprint density at radius 2 is 1.87 bits per heavy atom. The molecular weight excluding hydrogens is 519 g/mol. The number of nitrogens with one attached hydrogen (secondary N) is 1. The molecule has 2 saturated heterocycles. The Kier molecular flexibility index (Phi) is 7.03. The number of rotatable bonds is 4. The Hall–Kier alpha value is -3.08. The smallest absolute Gasteiger partial charge is 0.262 e. The highest BCUT2D eigenvalue weighted by molar-refractivity contribution is 7.19. The van der Waals surface area contributed by atoms with Gasteiger partial charge in [0, 0.05) is 49.1 Å². The molecule has 1 aliphatic carbocycles. The summed E-state index contributed by atoms with van der Waals surface area (Å²) in [5, 5.41) is 4.16. The molecule has 2 aromatic rings. The summed E-state index contributed by atoms with van der Waals surface area (Å²) in [7, 11) is 0. The van der Waals surface area contributed by atoms with Crippen LogP contribution in [0.1, 0.15) is 41.2 Å². The van der Waals surface area contributed by atoms with E-state index in [1.54, 1.807) is 17.2 Å². The lowest BCUT2D eigenvalue weighted by Crippen LogP contribution is -2.48. The van der Waals surface area contributed by atoms with Crippen LogP contribution in [0.5, 0.6) is 0 Å². The van der Waals surface area contributed by atoms with Crippen LogP contribution in [-0.4, -0.2) is 79.8 Å². The third-order valence-corrected chi connectivity index (χ3v) is 9.04. The van der Waals surface area contributed by atoms with Gasteiger partial charge in [0.25, 0.3) is 5.91 Å². The first-order valence-electron chi connectivity index (χ1n) is 13.5. The number of ether oxygens (including phenoxy) is 2. The van der Waals surface area contributed by atoms with Gasteiger partial charge in [0.05, 0.1) is 42.9 Å². The van der Waals surface area contributed by atoms with E-state index in [1.807, 2.05) is 26.0 Å². The molecule has 2 fully saturated rings. The van der Waals surface area contributed by atoms with Gasteiger partial charge in [-0.3, -0.25) is 14.6 Å². The Morgan fingerprint density at radius 1 is 1.15 bits per heavy atom. The topological polar surface area (TPSA) is 84.0 Å². The third kappa shape index (κ3) is 5.13. The molecule has 2 aromatic heterocycles. The largest absolute Gasteiger partial charge is 0.378 e. The number of allylic oxidation sites excluding steroid dienone is 3. The Balaban J connectivity index is 1.37. The van der Waals surface area contributed by atoms with Crippen molar-refractivity contribution < 1.29 is 23.5 Å². The van der Waals surface area contributed by atoms with Crippen molar-refractivity contribution in [2.45, 2.75) is 32.2 Å². The zero-order valence-corrected chi connectivity index (χ0v) is 23.1. The molecule has 39 heavy (non-hydrogen) atoms. The first-order chi connectivity index (χ1) is 18.8. The van der Waals surface area contributed by atoms with E-state index in [-0.39, 0.29) is 29.6 Å². The number of hydrogen-bond acceptors (Lipinski definition) is 7. The molecule has 1 unspecified atom stereocenters. The van der Waals surface area contributed by atoms with E-state index in [4.69, 9.17) is 9.47 Å². The minimum absolute atomic E-state index is 0.00884. The highest BCUT2D eigenvalue weighted by Gasteiger charge is 2.37. The average Bonchev–Trinajstić information content (AvgIpc) is 3.33. The lowest BCUT2D eigenvalue weighted by Gasteiger charge is -2.32. The molecule has 0 spiro atoms. The number of hydrogen-bond donors (Lipinski definition) is 1. The van der Waals surface area contributed by atoms with Gasteiger partial charge < -0.3 is 24.6 Å². The summed E-state index contributed by atoms with van der Waals surface area (Å²) in [6, 6.07) is 3.85. The van der Waals surface area contributed by atoms with Crippen LogP contribution in [-0.2, 0) is 20.7 Å². The molecular formula is C29H33FN4O4S. The van der Waals surface area contributed by atoms with E-state index in [0.717, 1.165) is 39.7 Å². The monoisotopic (exact) mass is 552 g/mol. The Labute approximate surface area is 231 Å². The Morgan fingerprint density at radius 3 is 2.62 bits per heavy atom. The number of carbonyl (C=O) groups excluding carboxylic acids is 2. The summed E-state index contributed by atoms with van der Waals surface area (Å²) in [6.07, 6.45) is 5.70. The second kappa shape index (κ2) is 10.5. The van der Waals surface area contributed by atoms with E-state index in [1.165, 1.54) is 17.4 Å². The van der Waals surface area contributed by atoms with Gasteiger partial charge >= 0.3 is 0 Å². The average molecular weight is 553 g/mol. The molecule has 8 nitrogen and oxygen atoms in total. The summed E-state index contributed by atoms with van der Waals surface area (Å²) in [5.41, 5.74) is 3.49. The molecule has 0 saturated carbocycles. The molecule has 2 amide bonds. The van der Waals surface area contributed by atoms with Gasteiger partial charge in [-0.05, 0) is 56.0 Å². The van der Waals surface area contributed by atoms with Crippen LogP contribution in [0, 0.1) is 5.92 Å². The van der Waals surface area contributed by atoms with Gasteiger partial charge in [-0.1, -0.05) is 6.08 Å². The predicted octanol–water partition coefficient (Wildman–Crippen LogP) is 3.83. The number of nitrogens with zero attached hydrogens (tertiary/aromatic N) is 3. The van der Waals surface area contributed by atoms with Gasteiger partial charge in [0.1, 0.15) is 10.8 Å². The first kappa shape index (κ1) is 26.2. The predicted molar refractivity (Wildman–Crippen MR) is 149 cm³/mol. The van der Waals surface area contributed by atoms with Crippen molar-refractivity contribution in [2.75, 3.05) is 57.5 Å². The fraction of sp³-hybridized carbons (Fsp3) is 0.483. The number of pyridine rings is 1. The van der Waals surface area contributed by atoms with Gasteiger partial charge in [0.2, 0.25) is 5.91 Å². The minimum atomic E-state index is -0.439. The van der Waals surface area contributed by atoms with Crippen LogP contribution in [0.3, 0.4) is 0 Å². The van der Waals surface area contributed by atoms with E-state index in [2.05, 4.69) is 15.2 Å². The molecule has 6 rings (SSSR count). The normalized spacial score (nSPS) is 23.1. The highest BCUT2D eigenvalue weighted by Crippen LogP contribution is 2.47. The third-order valence-electron chi connectivity index (χ3n) is 7.75. The van der Waals surface area contributed by atoms with Crippen LogP contribution in [0.4, 0.5) is 9.39 Å². The summed E-state index contributed by atoms with van der Waals surface area (Å²) in [4.78, 5) is 35.6. The molecule has 3 aliphatic heterocycles.